The van der Waals surface area contributed by atoms with E-state index in [4.69, 9.17) is 5.11 Å². The number of aliphatic hydroxyl groups is 1. The summed E-state index contributed by atoms with van der Waals surface area (Å²) in [5, 5.41) is 18.5. The lowest BCUT2D eigenvalue weighted by Gasteiger charge is -2.11. The molecule has 0 aromatic carbocycles. The molecule has 1 aliphatic rings. The largest absolute Gasteiger partial charge is 0.396 e. The third-order valence-electron chi connectivity index (χ3n) is 3.14. The Morgan fingerprint density at radius 1 is 1.59 bits per heavy atom. The second kappa shape index (κ2) is 4.83. The predicted octanol–water partition coefficient (Wildman–Crippen LogP) is 0.259. The molecule has 1 amide bonds. The van der Waals surface area contributed by atoms with Crippen LogP contribution >= 0.6 is 0 Å². The number of nitrogens with one attached hydrogen (secondary N) is 2. The van der Waals surface area contributed by atoms with Crippen molar-refractivity contribution < 1.29 is 9.90 Å². The van der Waals surface area contributed by atoms with E-state index in [1.165, 1.54) is 0 Å². The number of amides is 1. The SMILES string of the molecule is CCCc1nc(C(=O)NCC2(CO)CC2)n[nH]1. The third-order valence-corrected chi connectivity index (χ3v) is 3.14. The van der Waals surface area contributed by atoms with Crippen LogP contribution in [-0.2, 0) is 6.42 Å². The molecule has 17 heavy (non-hydrogen) atoms. The smallest absolute Gasteiger partial charge is 0.290 e. The number of aromatic amines is 1. The Morgan fingerprint density at radius 3 is 2.94 bits per heavy atom. The Hall–Kier alpha value is -1.43. The topological polar surface area (TPSA) is 90.9 Å². The van der Waals surface area contributed by atoms with Gasteiger partial charge in [0.2, 0.25) is 5.82 Å². The minimum Gasteiger partial charge on any atom is -0.396 e. The summed E-state index contributed by atoms with van der Waals surface area (Å²) in [5.41, 5.74) is -0.0851. The fraction of sp³-hybridized carbons (Fsp3) is 0.727. The first-order valence-electron chi connectivity index (χ1n) is 5.99. The molecule has 1 aromatic rings. The lowest BCUT2D eigenvalue weighted by molar-refractivity contribution is 0.0925. The highest BCUT2D eigenvalue weighted by molar-refractivity contribution is 5.90. The van der Waals surface area contributed by atoms with E-state index in [1.54, 1.807) is 0 Å². The van der Waals surface area contributed by atoms with Gasteiger partial charge >= 0.3 is 0 Å². The summed E-state index contributed by atoms with van der Waals surface area (Å²) in [4.78, 5) is 15.8. The molecule has 0 unspecified atom stereocenters. The molecule has 1 aliphatic carbocycles. The molecule has 2 rings (SSSR count). The lowest BCUT2D eigenvalue weighted by atomic mass is 10.1. The van der Waals surface area contributed by atoms with Crippen molar-refractivity contribution in [3.63, 3.8) is 0 Å². The van der Waals surface area contributed by atoms with Crippen LogP contribution < -0.4 is 5.32 Å². The number of aliphatic hydroxyl groups excluding tert-OH is 1. The number of nitrogens with zero attached hydrogens (tertiary/aromatic N) is 2. The van der Waals surface area contributed by atoms with Gasteiger partial charge in [-0.3, -0.25) is 9.89 Å². The van der Waals surface area contributed by atoms with Gasteiger partial charge in [0, 0.05) is 18.4 Å². The first kappa shape index (κ1) is 12.0. The zero-order valence-electron chi connectivity index (χ0n) is 9.99. The quantitative estimate of drug-likeness (QED) is 0.663. The van der Waals surface area contributed by atoms with Gasteiger partial charge in [0.25, 0.3) is 5.91 Å². The van der Waals surface area contributed by atoms with Crippen LogP contribution in [0.15, 0.2) is 0 Å². The van der Waals surface area contributed by atoms with E-state index >= 15 is 0 Å². The van der Waals surface area contributed by atoms with Crippen LogP contribution in [0.4, 0.5) is 0 Å². The van der Waals surface area contributed by atoms with Crippen molar-refractivity contribution in [1.82, 2.24) is 20.5 Å². The van der Waals surface area contributed by atoms with Crippen molar-refractivity contribution in [1.29, 1.82) is 0 Å². The molecule has 94 valence electrons. The van der Waals surface area contributed by atoms with Gasteiger partial charge in [0.1, 0.15) is 5.82 Å². The number of aromatic nitrogens is 3. The van der Waals surface area contributed by atoms with Crippen LogP contribution in [0.25, 0.3) is 0 Å². The zero-order valence-corrected chi connectivity index (χ0v) is 9.99. The normalized spacial score (nSPS) is 16.8. The van der Waals surface area contributed by atoms with Crippen molar-refractivity contribution in [2.45, 2.75) is 32.6 Å². The predicted molar refractivity (Wildman–Crippen MR) is 61.5 cm³/mol. The maximum Gasteiger partial charge on any atom is 0.290 e. The molecule has 0 bridgehead atoms. The molecular weight excluding hydrogens is 220 g/mol. The molecule has 1 heterocycles. The number of aryl methyl sites for hydroxylation is 1. The second-order valence-electron chi connectivity index (χ2n) is 4.70. The molecule has 1 fully saturated rings. The average Bonchev–Trinajstić information content (AvgIpc) is 2.98. The minimum atomic E-state index is -0.275. The number of carbonyl (C=O) groups is 1. The van der Waals surface area contributed by atoms with Gasteiger partial charge in [-0.25, -0.2) is 4.98 Å². The molecule has 0 aliphatic heterocycles. The Balaban J connectivity index is 1.86. The van der Waals surface area contributed by atoms with Gasteiger partial charge < -0.3 is 10.4 Å². The highest BCUT2D eigenvalue weighted by Gasteiger charge is 2.42. The molecule has 6 heteroatoms. The van der Waals surface area contributed by atoms with Crippen molar-refractivity contribution in [2.75, 3.05) is 13.2 Å². The van der Waals surface area contributed by atoms with Crippen molar-refractivity contribution in [3.8, 4) is 0 Å². The van der Waals surface area contributed by atoms with E-state index in [0.29, 0.717) is 6.54 Å². The van der Waals surface area contributed by atoms with E-state index in [-0.39, 0.29) is 23.8 Å². The number of carbonyl (C=O) groups excluding carboxylic acids is 1. The van der Waals surface area contributed by atoms with Gasteiger partial charge in [-0.2, -0.15) is 0 Å². The van der Waals surface area contributed by atoms with E-state index < -0.39 is 0 Å². The fourth-order valence-electron chi connectivity index (χ4n) is 1.66. The van der Waals surface area contributed by atoms with Gasteiger partial charge in [-0.1, -0.05) is 6.92 Å². The maximum atomic E-state index is 11.7. The third kappa shape index (κ3) is 2.82. The van der Waals surface area contributed by atoms with Crippen molar-refractivity contribution >= 4 is 5.91 Å². The Labute approximate surface area is 99.8 Å². The van der Waals surface area contributed by atoms with E-state index in [2.05, 4.69) is 20.5 Å². The average molecular weight is 238 g/mol. The van der Waals surface area contributed by atoms with Crippen LogP contribution in [0.1, 0.15) is 42.6 Å². The van der Waals surface area contributed by atoms with E-state index in [0.717, 1.165) is 31.5 Å². The molecule has 0 atom stereocenters. The summed E-state index contributed by atoms with van der Waals surface area (Å²) in [6.07, 6.45) is 3.70. The Morgan fingerprint density at radius 2 is 2.35 bits per heavy atom. The summed E-state index contributed by atoms with van der Waals surface area (Å²) in [6.45, 7) is 2.67. The first-order valence-corrected chi connectivity index (χ1v) is 5.99. The summed E-state index contributed by atoms with van der Waals surface area (Å²) >= 11 is 0. The fourth-order valence-corrected chi connectivity index (χ4v) is 1.66. The standard InChI is InChI=1S/C11H18N4O2/c1-2-3-8-13-9(15-14-8)10(17)12-6-11(7-16)4-5-11/h16H,2-7H2,1H3,(H,12,17)(H,13,14,15). The highest BCUT2D eigenvalue weighted by Crippen LogP contribution is 2.44. The first-order chi connectivity index (χ1) is 8.19. The summed E-state index contributed by atoms with van der Waals surface area (Å²) in [5.74, 6) is 0.645. The summed E-state index contributed by atoms with van der Waals surface area (Å²) < 4.78 is 0. The number of rotatable bonds is 6. The van der Waals surface area contributed by atoms with Crippen LogP contribution in [0.2, 0.25) is 0 Å². The van der Waals surface area contributed by atoms with Crippen LogP contribution in [0, 0.1) is 5.41 Å². The number of hydrogen-bond donors (Lipinski definition) is 3. The van der Waals surface area contributed by atoms with Crippen molar-refractivity contribution in [2.24, 2.45) is 5.41 Å². The number of H-pyrrole nitrogens is 1. The van der Waals surface area contributed by atoms with Crippen LogP contribution in [0.5, 0.6) is 0 Å². The Bertz CT molecular complexity index is 398. The molecule has 0 radical (unpaired) electrons. The molecule has 1 saturated carbocycles. The van der Waals surface area contributed by atoms with Crippen LogP contribution in [-0.4, -0.2) is 39.3 Å². The van der Waals surface area contributed by atoms with Gasteiger partial charge in [0.15, 0.2) is 0 Å². The van der Waals surface area contributed by atoms with Gasteiger partial charge in [0.05, 0.1) is 6.61 Å². The van der Waals surface area contributed by atoms with Gasteiger partial charge in [-0.05, 0) is 19.3 Å². The molecular formula is C11H18N4O2. The summed E-state index contributed by atoms with van der Waals surface area (Å²) in [7, 11) is 0. The van der Waals surface area contributed by atoms with E-state index in [9.17, 15) is 4.79 Å². The maximum absolute atomic E-state index is 11.7. The summed E-state index contributed by atoms with van der Waals surface area (Å²) in [6, 6.07) is 0. The minimum absolute atomic E-state index is 0.0851. The van der Waals surface area contributed by atoms with Gasteiger partial charge in [-0.15, -0.1) is 5.10 Å². The lowest BCUT2D eigenvalue weighted by Crippen LogP contribution is -2.32. The van der Waals surface area contributed by atoms with Crippen molar-refractivity contribution in [3.05, 3.63) is 11.6 Å². The monoisotopic (exact) mass is 238 g/mol. The Kier molecular flexibility index (Phi) is 3.42. The molecule has 3 N–H and O–H groups in total. The number of hydrogen-bond acceptors (Lipinski definition) is 4. The van der Waals surface area contributed by atoms with E-state index in [1.807, 2.05) is 6.92 Å². The molecule has 0 saturated heterocycles. The molecule has 1 aromatic heterocycles. The highest BCUT2D eigenvalue weighted by atomic mass is 16.3. The molecule has 6 nitrogen and oxygen atoms in total. The second-order valence-corrected chi connectivity index (χ2v) is 4.70. The zero-order chi connectivity index (χ0) is 12.3. The molecule has 0 spiro atoms. The van der Waals surface area contributed by atoms with Crippen LogP contribution in [0.3, 0.4) is 0 Å².